The monoisotopic (exact) mass is 331 g/mol. The van der Waals surface area contributed by atoms with Crippen molar-refractivity contribution < 1.29 is 0 Å². The maximum absolute atomic E-state index is 4.37. The molecule has 3 rings (SSSR count). The number of aromatic nitrogens is 5. The predicted molar refractivity (Wildman–Crippen MR) is 94.7 cm³/mol. The van der Waals surface area contributed by atoms with Crippen LogP contribution < -0.4 is 0 Å². The van der Waals surface area contributed by atoms with E-state index in [0.717, 1.165) is 56.2 Å². The summed E-state index contributed by atoms with van der Waals surface area (Å²) in [6, 6.07) is 2.54. The van der Waals surface area contributed by atoms with E-state index in [1.54, 1.807) is 0 Å². The van der Waals surface area contributed by atoms with Gasteiger partial charge in [0, 0.05) is 37.9 Å². The molecule has 0 radical (unpaired) electrons. The lowest BCUT2D eigenvalue weighted by atomic mass is 10.1. The molecule has 3 heterocycles. The molecule has 0 amide bonds. The maximum Gasteiger partial charge on any atom is 0.133 e. The number of aromatic amines is 1. The van der Waals surface area contributed by atoms with E-state index >= 15 is 0 Å². The third kappa shape index (κ3) is 4.21. The second kappa shape index (κ2) is 7.44. The van der Waals surface area contributed by atoms with Crippen LogP contribution in [-0.4, -0.2) is 74.3 Å². The Balaban J connectivity index is 1.60. The molecule has 0 spiro atoms. The number of nitrogens with one attached hydrogen (secondary N) is 1. The summed E-state index contributed by atoms with van der Waals surface area (Å²) in [5.74, 6) is 0.610. The van der Waals surface area contributed by atoms with Crippen LogP contribution in [-0.2, 0) is 13.0 Å². The fourth-order valence-corrected chi connectivity index (χ4v) is 3.19. The van der Waals surface area contributed by atoms with E-state index in [0.29, 0.717) is 12.0 Å². The lowest BCUT2D eigenvalue weighted by Crippen LogP contribution is -2.49. The Kier molecular flexibility index (Phi) is 5.30. The number of H-pyrrole nitrogens is 1. The van der Waals surface area contributed by atoms with Crippen LogP contribution in [0.3, 0.4) is 0 Å². The van der Waals surface area contributed by atoms with Crippen molar-refractivity contribution in [1.29, 1.82) is 0 Å². The zero-order valence-corrected chi connectivity index (χ0v) is 15.2. The van der Waals surface area contributed by atoms with E-state index < -0.39 is 0 Å². The van der Waals surface area contributed by atoms with E-state index in [4.69, 9.17) is 0 Å². The normalized spacial score (nSPS) is 18.4. The molecule has 2 aromatic rings. The lowest BCUT2D eigenvalue weighted by Gasteiger charge is -2.36. The van der Waals surface area contributed by atoms with Crippen molar-refractivity contribution in [2.24, 2.45) is 5.92 Å². The first kappa shape index (κ1) is 17.1. The molecule has 1 atom stereocenters. The van der Waals surface area contributed by atoms with Crippen LogP contribution in [0.25, 0.3) is 11.4 Å². The summed E-state index contributed by atoms with van der Waals surface area (Å²) in [4.78, 5) is 4.90. The summed E-state index contributed by atoms with van der Waals surface area (Å²) in [6.45, 7) is 12.1. The molecule has 24 heavy (non-hydrogen) atoms. The third-order valence-electron chi connectivity index (χ3n) is 4.67. The zero-order chi connectivity index (χ0) is 17.1. The molecule has 1 fully saturated rings. The molecule has 0 bridgehead atoms. The van der Waals surface area contributed by atoms with Gasteiger partial charge in [0.15, 0.2) is 0 Å². The molecule has 0 saturated carbocycles. The number of hydrogen-bond donors (Lipinski definition) is 1. The van der Waals surface area contributed by atoms with Gasteiger partial charge in [0.2, 0.25) is 0 Å². The van der Waals surface area contributed by atoms with Gasteiger partial charge in [0.05, 0.1) is 12.7 Å². The Labute approximate surface area is 144 Å². The van der Waals surface area contributed by atoms with Gasteiger partial charge in [0.25, 0.3) is 0 Å². The molecular weight excluding hydrogens is 302 g/mol. The zero-order valence-electron chi connectivity index (χ0n) is 15.2. The fraction of sp³-hybridized carbons (Fsp3) is 0.706. The Hall–Kier alpha value is -1.73. The fourth-order valence-electron chi connectivity index (χ4n) is 3.19. The van der Waals surface area contributed by atoms with Crippen molar-refractivity contribution in [3.63, 3.8) is 0 Å². The van der Waals surface area contributed by atoms with E-state index in [2.05, 4.69) is 64.2 Å². The van der Waals surface area contributed by atoms with Gasteiger partial charge in [-0.2, -0.15) is 5.10 Å². The van der Waals surface area contributed by atoms with E-state index in [9.17, 15) is 0 Å². The number of hydrogen-bond acceptors (Lipinski definition) is 5. The van der Waals surface area contributed by atoms with Gasteiger partial charge >= 0.3 is 0 Å². The number of rotatable bonds is 6. The predicted octanol–water partition coefficient (Wildman–Crippen LogP) is 1.50. The smallest absolute Gasteiger partial charge is 0.133 e. The van der Waals surface area contributed by atoms with Crippen LogP contribution >= 0.6 is 0 Å². The van der Waals surface area contributed by atoms with Gasteiger partial charge in [-0.25, -0.2) is 0 Å². The highest BCUT2D eigenvalue weighted by Gasteiger charge is 2.20. The average Bonchev–Trinajstić information content (AvgIpc) is 3.16. The van der Waals surface area contributed by atoms with E-state index in [1.807, 2.05) is 10.9 Å². The quantitative estimate of drug-likeness (QED) is 0.869. The number of piperazine rings is 1. The Bertz CT molecular complexity index is 637. The van der Waals surface area contributed by atoms with Crippen LogP contribution in [0.2, 0.25) is 0 Å². The van der Waals surface area contributed by atoms with Gasteiger partial charge < -0.3 is 4.90 Å². The average molecular weight is 331 g/mol. The molecule has 132 valence electrons. The molecule has 1 N–H and O–H groups in total. The topological polar surface area (TPSA) is 65.9 Å². The summed E-state index contributed by atoms with van der Waals surface area (Å²) in [5, 5.41) is 16.1. The first-order valence-electron chi connectivity index (χ1n) is 8.88. The highest BCUT2D eigenvalue weighted by atomic mass is 15.4. The van der Waals surface area contributed by atoms with Crippen LogP contribution in [0, 0.1) is 5.92 Å². The molecule has 1 aliphatic heterocycles. The second-order valence-electron chi connectivity index (χ2n) is 7.39. The summed E-state index contributed by atoms with van der Waals surface area (Å²) < 4.78 is 1.94. The standard InChI is InChI=1S/C17H29N7/c1-13(2)9-15-10-16(19-18-15)17-12-24(21-20-17)11-14(3)23-7-5-22(4)6-8-23/h10,12-14H,5-9,11H2,1-4H3,(H,18,19)/t14-/m1/s1. The first-order valence-corrected chi connectivity index (χ1v) is 8.88. The molecule has 0 unspecified atom stereocenters. The minimum Gasteiger partial charge on any atom is -0.304 e. The molecule has 0 aromatic carbocycles. The lowest BCUT2D eigenvalue weighted by molar-refractivity contribution is 0.108. The maximum atomic E-state index is 4.37. The van der Waals surface area contributed by atoms with Gasteiger partial charge in [-0.1, -0.05) is 19.1 Å². The van der Waals surface area contributed by atoms with Crippen molar-refractivity contribution >= 4 is 0 Å². The molecule has 1 aliphatic rings. The Morgan fingerprint density at radius 3 is 2.58 bits per heavy atom. The van der Waals surface area contributed by atoms with Gasteiger partial charge in [-0.05, 0) is 32.4 Å². The highest BCUT2D eigenvalue weighted by Crippen LogP contribution is 2.16. The van der Waals surface area contributed by atoms with Crippen molar-refractivity contribution in [1.82, 2.24) is 35.0 Å². The van der Waals surface area contributed by atoms with Gasteiger partial charge in [0.1, 0.15) is 11.4 Å². The number of nitrogens with zero attached hydrogens (tertiary/aromatic N) is 6. The Morgan fingerprint density at radius 1 is 1.12 bits per heavy atom. The molecule has 7 heteroatoms. The molecule has 7 nitrogen and oxygen atoms in total. The highest BCUT2D eigenvalue weighted by molar-refractivity contribution is 5.52. The van der Waals surface area contributed by atoms with Crippen LogP contribution in [0.4, 0.5) is 0 Å². The van der Waals surface area contributed by atoms with E-state index in [-0.39, 0.29) is 0 Å². The minimum atomic E-state index is 0.462. The largest absolute Gasteiger partial charge is 0.304 e. The van der Waals surface area contributed by atoms with Crippen molar-refractivity contribution in [3.8, 4) is 11.4 Å². The second-order valence-corrected chi connectivity index (χ2v) is 7.39. The first-order chi connectivity index (χ1) is 11.5. The summed E-state index contributed by atoms with van der Waals surface area (Å²) in [6.07, 6.45) is 3.00. The summed E-state index contributed by atoms with van der Waals surface area (Å²) >= 11 is 0. The van der Waals surface area contributed by atoms with Crippen LogP contribution in [0.5, 0.6) is 0 Å². The van der Waals surface area contributed by atoms with Crippen LogP contribution in [0.1, 0.15) is 26.5 Å². The molecule has 1 saturated heterocycles. The summed E-state index contributed by atoms with van der Waals surface area (Å²) in [7, 11) is 2.18. The molecule has 2 aromatic heterocycles. The SMILES string of the molecule is CC(C)Cc1cc(-c2cn(C[C@@H](C)N3CCN(C)CC3)nn2)n[nH]1. The van der Waals surface area contributed by atoms with Crippen molar-refractivity contribution in [2.45, 2.75) is 39.8 Å². The van der Waals surface area contributed by atoms with E-state index in [1.165, 1.54) is 0 Å². The van der Waals surface area contributed by atoms with Crippen LogP contribution in [0.15, 0.2) is 12.3 Å². The molecular formula is C17H29N7. The minimum absolute atomic E-state index is 0.462. The Morgan fingerprint density at radius 2 is 1.88 bits per heavy atom. The molecule has 0 aliphatic carbocycles. The van der Waals surface area contributed by atoms with Gasteiger partial charge in [-0.15, -0.1) is 5.10 Å². The third-order valence-corrected chi connectivity index (χ3v) is 4.67. The summed E-state index contributed by atoms with van der Waals surface area (Å²) in [5.41, 5.74) is 2.87. The van der Waals surface area contributed by atoms with Gasteiger partial charge in [-0.3, -0.25) is 14.7 Å². The van der Waals surface area contributed by atoms with Crippen molar-refractivity contribution in [2.75, 3.05) is 33.2 Å². The number of likely N-dealkylation sites (N-methyl/N-ethyl adjacent to an activating group) is 1. The van der Waals surface area contributed by atoms with Crippen molar-refractivity contribution in [3.05, 3.63) is 18.0 Å².